The van der Waals surface area contributed by atoms with Gasteiger partial charge in [-0.3, -0.25) is 5.32 Å². The fraction of sp³-hybridized carbons (Fsp3) is 0. The molecule has 0 atom stereocenters. The lowest BCUT2D eigenvalue weighted by Gasteiger charge is -2.05. The average molecular weight is 315 g/mol. The van der Waals surface area contributed by atoms with Crippen LogP contribution in [0.25, 0.3) is 23.5 Å². The van der Waals surface area contributed by atoms with Gasteiger partial charge in [0, 0.05) is 0 Å². The molecule has 0 amide bonds. The van der Waals surface area contributed by atoms with E-state index in [-0.39, 0.29) is 17.5 Å². The molecule has 0 aliphatic heterocycles. The third-order valence-corrected chi connectivity index (χ3v) is 3.19. The summed E-state index contributed by atoms with van der Waals surface area (Å²) >= 11 is 0. The Labute approximate surface area is 138 Å². The summed E-state index contributed by atoms with van der Waals surface area (Å²) in [5, 5.41) is 21.2. The quantitative estimate of drug-likeness (QED) is 0.566. The summed E-state index contributed by atoms with van der Waals surface area (Å²) in [7, 11) is 0. The molecular formula is C18H13N5O. The standard InChI is InChI=1S/C18H13N5O/c19-12-20-18-22-16(11-10-13-6-2-1-3-7-13)21-17(23-18)14-8-4-5-9-15(14)24/h1-11,24H,(H,20,21,22,23). The minimum Gasteiger partial charge on any atom is -0.507 e. The molecule has 0 saturated carbocycles. The lowest BCUT2D eigenvalue weighted by Crippen LogP contribution is -2.02. The Kier molecular flexibility index (Phi) is 4.45. The smallest absolute Gasteiger partial charge is 0.240 e. The molecule has 0 aliphatic carbocycles. The summed E-state index contributed by atoms with van der Waals surface area (Å²) in [6.07, 6.45) is 5.38. The Hall–Kier alpha value is -3.72. The van der Waals surface area contributed by atoms with Crippen molar-refractivity contribution in [1.82, 2.24) is 15.0 Å². The molecule has 0 saturated heterocycles. The van der Waals surface area contributed by atoms with Crippen LogP contribution < -0.4 is 5.32 Å². The van der Waals surface area contributed by atoms with Crippen LogP contribution in [0.4, 0.5) is 5.95 Å². The van der Waals surface area contributed by atoms with E-state index < -0.39 is 0 Å². The number of nitriles is 1. The van der Waals surface area contributed by atoms with Gasteiger partial charge in [-0.05, 0) is 23.8 Å². The topological polar surface area (TPSA) is 94.7 Å². The lowest BCUT2D eigenvalue weighted by molar-refractivity contribution is 0.477. The molecule has 6 heteroatoms. The minimum absolute atomic E-state index is 0.0598. The molecule has 0 bridgehead atoms. The molecule has 0 fully saturated rings. The molecule has 1 heterocycles. The predicted octanol–water partition coefficient (Wildman–Crippen LogP) is 3.31. The van der Waals surface area contributed by atoms with Crippen molar-refractivity contribution in [3.05, 3.63) is 66.0 Å². The summed E-state index contributed by atoms with van der Waals surface area (Å²) in [4.78, 5) is 12.7. The van der Waals surface area contributed by atoms with Crippen molar-refractivity contribution in [3.63, 3.8) is 0 Å². The average Bonchev–Trinajstić information content (AvgIpc) is 2.61. The maximum absolute atomic E-state index is 9.98. The van der Waals surface area contributed by atoms with Gasteiger partial charge in [0.1, 0.15) is 5.75 Å². The van der Waals surface area contributed by atoms with Crippen LogP contribution in [0.15, 0.2) is 54.6 Å². The summed E-state index contributed by atoms with van der Waals surface area (Å²) in [6.45, 7) is 0. The molecule has 6 nitrogen and oxygen atoms in total. The number of hydrogen-bond donors (Lipinski definition) is 2. The van der Waals surface area contributed by atoms with E-state index in [0.717, 1.165) is 5.56 Å². The highest BCUT2D eigenvalue weighted by Gasteiger charge is 2.10. The SMILES string of the molecule is N#CNc1nc(C=Cc2ccccc2)nc(-c2ccccc2O)n1. The fourth-order valence-electron chi connectivity index (χ4n) is 2.09. The van der Waals surface area contributed by atoms with Crippen LogP contribution in [0, 0.1) is 11.5 Å². The number of aromatic nitrogens is 3. The highest BCUT2D eigenvalue weighted by atomic mass is 16.3. The molecule has 2 aromatic carbocycles. The van der Waals surface area contributed by atoms with Crippen LogP contribution in [0.3, 0.4) is 0 Å². The number of benzene rings is 2. The van der Waals surface area contributed by atoms with Crippen LogP contribution >= 0.6 is 0 Å². The molecule has 2 N–H and O–H groups in total. The normalized spacial score (nSPS) is 10.5. The van der Waals surface area contributed by atoms with E-state index >= 15 is 0 Å². The van der Waals surface area contributed by atoms with Crippen molar-refractivity contribution in [2.75, 3.05) is 5.32 Å². The number of phenolic OH excluding ortho intramolecular Hbond substituents is 1. The highest BCUT2D eigenvalue weighted by molar-refractivity contribution is 5.69. The van der Waals surface area contributed by atoms with Crippen LogP contribution in [-0.4, -0.2) is 20.1 Å². The fourth-order valence-corrected chi connectivity index (χ4v) is 2.09. The molecular weight excluding hydrogens is 302 g/mol. The number of nitrogens with one attached hydrogen (secondary N) is 1. The number of para-hydroxylation sites is 1. The number of hydrogen-bond acceptors (Lipinski definition) is 6. The number of aromatic hydroxyl groups is 1. The minimum atomic E-state index is 0.0598. The van der Waals surface area contributed by atoms with Crippen molar-refractivity contribution >= 4 is 18.1 Å². The maximum atomic E-state index is 9.98. The first-order valence-corrected chi connectivity index (χ1v) is 7.19. The first kappa shape index (κ1) is 15.2. The second kappa shape index (κ2) is 7.03. The van der Waals surface area contributed by atoms with E-state index in [9.17, 15) is 5.11 Å². The molecule has 24 heavy (non-hydrogen) atoms. The molecule has 0 radical (unpaired) electrons. The van der Waals surface area contributed by atoms with Gasteiger partial charge >= 0.3 is 0 Å². The highest BCUT2D eigenvalue weighted by Crippen LogP contribution is 2.26. The van der Waals surface area contributed by atoms with Gasteiger partial charge in [-0.25, -0.2) is 4.98 Å². The Balaban J connectivity index is 2.02. The molecule has 0 unspecified atom stereocenters. The van der Waals surface area contributed by atoms with Crippen molar-refractivity contribution in [3.8, 4) is 23.3 Å². The van der Waals surface area contributed by atoms with Gasteiger partial charge in [0.2, 0.25) is 5.95 Å². The summed E-state index contributed by atoms with van der Waals surface area (Å²) in [5.74, 6) is 0.849. The van der Waals surface area contributed by atoms with E-state index in [1.807, 2.05) is 36.4 Å². The van der Waals surface area contributed by atoms with Crippen molar-refractivity contribution < 1.29 is 5.11 Å². The first-order chi connectivity index (χ1) is 11.8. The van der Waals surface area contributed by atoms with Crippen molar-refractivity contribution in [2.24, 2.45) is 0 Å². The van der Waals surface area contributed by atoms with E-state index in [1.54, 1.807) is 36.5 Å². The zero-order valence-corrected chi connectivity index (χ0v) is 12.6. The van der Waals surface area contributed by atoms with E-state index in [2.05, 4.69) is 20.3 Å². The number of nitrogens with zero attached hydrogens (tertiary/aromatic N) is 4. The predicted molar refractivity (Wildman–Crippen MR) is 91.5 cm³/mol. The lowest BCUT2D eigenvalue weighted by atomic mass is 10.2. The zero-order valence-electron chi connectivity index (χ0n) is 12.6. The second-order valence-electron chi connectivity index (χ2n) is 4.84. The van der Waals surface area contributed by atoms with Crippen LogP contribution in [0.1, 0.15) is 11.4 Å². The molecule has 116 valence electrons. The first-order valence-electron chi connectivity index (χ1n) is 7.19. The van der Waals surface area contributed by atoms with E-state index in [4.69, 9.17) is 5.26 Å². The van der Waals surface area contributed by atoms with Gasteiger partial charge in [0.15, 0.2) is 17.8 Å². The molecule has 0 aliphatic rings. The van der Waals surface area contributed by atoms with Gasteiger partial charge in [-0.2, -0.15) is 15.2 Å². The van der Waals surface area contributed by atoms with Crippen LogP contribution in [-0.2, 0) is 0 Å². The third kappa shape index (κ3) is 3.54. The monoisotopic (exact) mass is 315 g/mol. The molecule has 1 aromatic heterocycles. The second-order valence-corrected chi connectivity index (χ2v) is 4.84. The molecule has 3 aromatic rings. The van der Waals surface area contributed by atoms with Crippen LogP contribution in [0.2, 0.25) is 0 Å². The van der Waals surface area contributed by atoms with E-state index in [1.165, 1.54) is 0 Å². The van der Waals surface area contributed by atoms with Gasteiger partial charge < -0.3 is 5.11 Å². The number of rotatable bonds is 4. The number of phenols is 1. The Morgan fingerprint density at radius 1 is 0.917 bits per heavy atom. The van der Waals surface area contributed by atoms with Crippen molar-refractivity contribution in [1.29, 1.82) is 5.26 Å². The van der Waals surface area contributed by atoms with Crippen LogP contribution in [0.5, 0.6) is 5.75 Å². The van der Waals surface area contributed by atoms with Gasteiger partial charge in [0.05, 0.1) is 5.56 Å². The summed E-state index contributed by atoms with van der Waals surface area (Å²) in [6, 6.07) is 16.5. The third-order valence-electron chi connectivity index (χ3n) is 3.19. The Morgan fingerprint density at radius 2 is 1.67 bits per heavy atom. The summed E-state index contributed by atoms with van der Waals surface area (Å²) < 4.78 is 0. The molecule has 0 spiro atoms. The van der Waals surface area contributed by atoms with Gasteiger partial charge in [-0.1, -0.05) is 48.5 Å². The van der Waals surface area contributed by atoms with E-state index in [0.29, 0.717) is 11.4 Å². The van der Waals surface area contributed by atoms with Crippen molar-refractivity contribution in [2.45, 2.75) is 0 Å². The Morgan fingerprint density at radius 3 is 2.42 bits per heavy atom. The molecule has 3 rings (SSSR count). The maximum Gasteiger partial charge on any atom is 0.240 e. The Bertz CT molecular complexity index is 916. The zero-order chi connectivity index (χ0) is 16.8. The largest absolute Gasteiger partial charge is 0.507 e. The van der Waals surface area contributed by atoms with Gasteiger partial charge in [-0.15, -0.1) is 0 Å². The van der Waals surface area contributed by atoms with Gasteiger partial charge in [0.25, 0.3) is 0 Å². The summed E-state index contributed by atoms with van der Waals surface area (Å²) in [5.41, 5.74) is 1.46. The number of anilines is 1.